The third-order valence-electron chi connectivity index (χ3n) is 4.10. The molecule has 1 aromatic carbocycles. The number of nitrogens with zero attached hydrogens (tertiary/aromatic N) is 1. The Morgan fingerprint density at radius 3 is 2.74 bits per heavy atom. The maximum Gasteiger partial charge on any atom is 0.257 e. The van der Waals surface area contributed by atoms with Gasteiger partial charge >= 0.3 is 0 Å². The lowest BCUT2D eigenvalue weighted by Gasteiger charge is -2.48. The number of aromatic hydroxyl groups is 1. The van der Waals surface area contributed by atoms with E-state index in [1.165, 1.54) is 20.0 Å². The van der Waals surface area contributed by atoms with Crippen LogP contribution in [-0.4, -0.2) is 41.7 Å². The molecule has 3 rings (SSSR count). The molecule has 0 aromatic heterocycles. The van der Waals surface area contributed by atoms with Crippen molar-refractivity contribution in [2.45, 2.75) is 18.4 Å². The molecule has 1 amide bonds. The van der Waals surface area contributed by atoms with Crippen LogP contribution < -0.4 is 10.5 Å². The van der Waals surface area contributed by atoms with E-state index in [0.717, 1.165) is 0 Å². The topological polar surface area (TPSA) is 75.8 Å². The molecule has 3 N–H and O–H groups in total. The molecule has 1 aliphatic heterocycles. The summed E-state index contributed by atoms with van der Waals surface area (Å²) in [5.74, 6) is 0.595. The molecule has 0 bridgehead atoms. The van der Waals surface area contributed by atoms with Gasteiger partial charge in [0, 0.05) is 13.1 Å². The molecule has 5 heteroatoms. The number of phenolic OH excluding ortho intramolecular Hbond substituents is 1. The van der Waals surface area contributed by atoms with E-state index in [-0.39, 0.29) is 22.8 Å². The highest BCUT2D eigenvalue weighted by atomic mass is 16.5. The number of para-hydroxylation sites is 1. The number of methoxy groups -OCH3 is 1. The van der Waals surface area contributed by atoms with E-state index >= 15 is 0 Å². The number of hydrogen-bond acceptors (Lipinski definition) is 4. The van der Waals surface area contributed by atoms with Gasteiger partial charge < -0.3 is 20.5 Å². The Kier molecular flexibility index (Phi) is 2.67. The van der Waals surface area contributed by atoms with Gasteiger partial charge in [0.2, 0.25) is 0 Å². The fraction of sp³-hybridized carbons (Fsp3) is 0.500. The van der Waals surface area contributed by atoms with Crippen LogP contribution >= 0.6 is 0 Å². The van der Waals surface area contributed by atoms with Crippen LogP contribution in [0.15, 0.2) is 18.2 Å². The molecule has 0 radical (unpaired) electrons. The van der Waals surface area contributed by atoms with E-state index in [2.05, 4.69) is 0 Å². The van der Waals surface area contributed by atoms with Crippen molar-refractivity contribution in [3.63, 3.8) is 0 Å². The van der Waals surface area contributed by atoms with Crippen LogP contribution in [0.25, 0.3) is 0 Å². The van der Waals surface area contributed by atoms with Gasteiger partial charge in [-0.25, -0.2) is 0 Å². The van der Waals surface area contributed by atoms with E-state index in [1.807, 2.05) is 0 Å². The smallest absolute Gasteiger partial charge is 0.257 e. The Hall–Kier alpha value is -1.75. The van der Waals surface area contributed by atoms with Crippen LogP contribution in [0.1, 0.15) is 23.2 Å². The summed E-state index contributed by atoms with van der Waals surface area (Å²) in [6, 6.07) is 4.93. The predicted octanol–water partition coefficient (Wildman–Crippen LogP) is 0.964. The third-order valence-corrected chi connectivity index (χ3v) is 4.10. The third kappa shape index (κ3) is 1.94. The van der Waals surface area contributed by atoms with Gasteiger partial charge in [0.1, 0.15) is 0 Å². The maximum absolute atomic E-state index is 12.3. The number of likely N-dealkylation sites (tertiary alicyclic amines) is 1. The first-order valence-electron chi connectivity index (χ1n) is 6.49. The van der Waals surface area contributed by atoms with Crippen molar-refractivity contribution in [2.24, 2.45) is 11.7 Å². The number of nitrogens with two attached hydrogens (primary N) is 1. The second-order valence-corrected chi connectivity index (χ2v) is 5.53. The first kappa shape index (κ1) is 12.3. The van der Waals surface area contributed by atoms with Crippen molar-refractivity contribution in [1.82, 2.24) is 4.90 Å². The number of rotatable bonds is 3. The zero-order valence-electron chi connectivity index (χ0n) is 10.9. The molecule has 1 aliphatic carbocycles. The average Bonchev–Trinajstić information content (AvgIpc) is 3.19. The summed E-state index contributed by atoms with van der Waals surface area (Å²) in [5.41, 5.74) is 6.30. The fourth-order valence-electron chi connectivity index (χ4n) is 2.75. The Morgan fingerprint density at radius 1 is 1.47 bits per heavy atom. The van der Waals surface area contributed by atoms with E-state index < -0.39 is 0 Å². The Labute approximate surface area is 112 Å². The summed E-state index contributed by atoms with van der Waals surface area (Å²) >= 11 is 0. The van der Waals surface area contributed by atoms with Gasteiger partial charge in [0.25, 0.3) is 5.91 Å². The van der Waals surface area contributed by atoms with Crippen LogP contribution in [0, 0.1) is 5.92 Å². The normalized spacial score (nSPS) is 20.8. The molecule has 1 heterocycles. The monoisotopic (exact) mass is 262 g/mol. The largest absolute Gasteiger partial charge is 0.504 e. The van der Waals surface area contributed by atoms with E-state index in [0.29, 0.717) is 24.8 Å². The summed E-state index contributed by atoms with van der Waals surface area (Å²) in [5, 5.41) is 9.98. The highest BCUT2D eigenvalue weighted by Crippen LogP contribution is 2.43. The molecule has 0 unspecified atom stereocenters. The van der Waals surface area contributed by atoms with Crippen molar-refractivity contribution in [1.29, 1.82) is 0 Å². The lowest BCUT2D eigenvalue weighted by molar-refractivity contribution is 0.0347. The van der Waals surface area contributed by atoms with E-state index in [9.17, 15) is 9.90 Å². The molecule has 0 spiro atoms. The minimum Gasteiger partial charge on any atom is -0.504 e. The van der Waals surface area contributed by atoms with Crippen LogP contribution in [0.5, 0.6) is 11.5 Å². The van der Waals surface area contributed by atoms with Crippen LogP contribution in [0.3, 0.4) is 0 Å². The Morgan fingerprint density at radius 2 is 2.16 bits per heavy atom. The summed E-state index contributed by atoms with van der Waals surface area (Å²) in [7, 11) is 1.46. The molecule has 0 atom stereocenters. The Balaban J connectivity index is 1.75. The summed E-state index contributed by atoms with van der Waals surface area (Å²) in [6.07, 6.45) is 2.34. The standard InChI is InChI=1S/C14H18N2O3/c1-19-11-4-2-3-10(12(11)17)13(18)16-7-14(15,8-16)9-5-6-9/h2-4,9,17H,5-8,15H2,1H3. The number of carbonyl (C=O) groups excluding carboxylic acids is 1. The van der Waals surface area contributed by atoms with Crippen LogP contribution in [0.4, 0.5) is 0 Å². The predicted molar refractivity (Wildman–Crippen MR) is 70.2 cm³/mol. The molecule has 2 aliphatic rings. The zero-order chi connectivity index (χ0) is 13.6. The first-order chi connectivity index (χ1) is 9.05. The van der Waals surface area contributed by atoms with Gasteiger partial charge in [-0.1, -0.05) is 6.07 Å². The second kappa shape index (κ2) is 4.13. The van der Waals surface area contributed by atoms with Gasteiger partial charge in [0.15, 0.2) is 11.5 Å². The van der Waals surface area contributed by atoms with Gasteiger partial charge in [-0.15, -0.1) is 0 Å². The molecule has 102 valence electrons. The number of benzene rings is 1. The van der Waals surface area contributed by atoms with Crippen molar-refractivity contribution in [3.8, 4) is 11.5 Å². The highest BCUT2D eigenvalue weighted by Gasteiger charge is 2.51. The van der Waals surface area contributed by atoms with Crippen molar-refractivity contribution < 1.29 is 14.6 Å². The van der Waals surface area contributed by atoms with Gasteiger partial charge in [-0.2, -0.15) is 0 Å². The van der Waals surface area contributed by atoms with Crippen molar-refractivity contribution in [3.05, 3.63) is 23.8 Å². The molecule has 1 saturated carbocycles. The van der Waals surface area contributed by atoms with E-state index in [4.69, 9.17) is 10.5 Å². The van der Waals surface area contributed by atoms with Gasteiger partial charge in [0.05, 0.1) is 18.2 Å². The molecule has 5 nitrogen and oxygen atoms in total. The minimum atomic E-state index is -0.204. The lowest BCUT2D eigenvalue weighted by Crippen LogP contribution is -2.69. The Bertz CT molecular complexity index is 519. The fourth-order valence-corrected chi connectivity index (χ4v) is 2.75. The number of amides is 1. The SMILES string of the molecule is COc1cccc(C(=O)N2CC(N)(C3CC3)C2)c1O. The summed E-state index contributed by atoms with van der Waals surface area (Å²) in [4.78, 5) is 14.0. The molecular weight excluding hydrogens is 244 g/mol. The first-order valence-corrected chi connectivity index (χ1v) is 6.49. The zero-order valence-corrected chi connectivity index (χ0v) is 10.9. The lowest BCUT2D eigenvalue weighted by atomic mass is 9.85. The summed E-state index contributed by atoms with van der Waals surface area (Å²) in [6.45, 7) is 1.15. The average molecular weight is 262 g/mol. The molecular formula is C14H18N2O3. The number of phenols is 1. The molecule has 19 heavy (non-hydrogen) atoms. The van der Waals surface area contributed by atoms with E-state index in [1.54, 1.807) is 23.1 Å². The van der Waals surface area contributed by atoms with Gasteiger partial charge in [-0.05, 0) is 30.9 Å². The molecule has 1 saturated heterocycles. The maximum atomic E-state index is 12.3. The number of hydrogen-bond donors (Lipinski definition) is 2. The van der Waals surface area contributed by atoms with Crippen molar-refractivity contribution >= 4 is 5.91 Å². The van der Waals surface area contributed by atoms with Crippen molar-refractivity contribution in [2.75, 3.05) is 20.2 Å². The quantitative estimate of drug-likeness (QED) is 0.851. The summed E-state index contributed by atoms with van der Waals surface area (Å²) < 4.78 is 5.01. The second-order valence-electron chi connectivity index (χ2n) is 5.53. The van der Waals surface area contributed by atoms with Crippen LogP contribution in [-0.2, 0) is 0 Å². The highest BCUT2D eigenvalue weighted by molar-refractivity contribution is 5.98. The molecule has 2 fully saturated rings. The number of carbonyl (C=O) groups is 1. The molecule has 1 aromatic rings. The number of ether oxygens (including phenoxy) is 1. The van der Waals surface area contributed by atoms with Gasteiger partial charge in [-0.3, -0.25) is 4.79 Å². The van der Waals surface area contributed by atoms with Crippen LogP contribution in [0.2, 0.25) is 0 Å². The minimum absolute atomic E-state index is 0.101.